The molecule has 0 aliphatic heterocycles. The molecule has 10 heteroatoms. The molecular formula is C30H20Co2N2O6. The van der Waals surface area contributed by atoms with E-state index in [4.69, 9.17) is 21.3 Å². The summed E-state index contributed by atoms with van der Waals surface area (Å²) in [6.45, 7) is 6.99. The van der Waals surface area contributed by atoms with Gasteiger partial charge in [0.05, 0.1) is 0 Å². The van der Waals surface area contributed by atoms with Crippen LogP contribution in [0, 0.1) is 17.9 Å². The van der Waals surface area contributed by atoms with Gasteiger partial charge >= 0.3 is 239 Å². The minimum absolute atomic E-state index is 0.204. The Kier molecular flexibility index (Phi) is 9.57. The summed E-state index contributed by atoms with van der Waals surface area (Å²) in [4.78, 5) is 27.7. The summed E-state index contributed by atoms with van der Waals surface area (Å²) in [6.07, 6.45) is -0.408. The average Bonchev–Trinajstić information content (AvgIpc) is 3.00. The molecular weight excluding hydrogens is 602 g/mol. The van der Waals surface area contributed by atoms with Gasteiger partial charge in [0.2, 0.25) is 0 Å². The molecule has 4 rings (SSSR count). The molecule has 0 atom stereocenters. The third-order valence-electron chi connectivity index (χ3n) is 5.19. The van der Waals surface area contributed by atoms with Gasteiger partial charge in [0.1, 0.15) is 0 Å². The fourth-order valence-corrected chi connectivity index (χ4v) is 5.86. The number of nitrogens with zero attached hydrogens (tertiary/aromatic N) is 2. The monoisotopic (exact) mass is 622 g/mol. The number of carbonyl (C=O) groups excluding carboxylic acids is 2. The molecule has 8 nitrogen and oxygen atoms in total. The Bertz CT molecular complexity index is 1530. The van der Waals surface area contributed by atoms with Gasteiger partial charge in [-0.15, -0.1) is 0 Å². The molecule has 40 heavy (non-hydrogen) atoms. The van der Waals surface area contributed by atoms with Gasteiger partial charge in [-0.1, -0.05) is 0 Å². The van der Waals surface area contributed by atoms with Crippen molar-refractivity contribution in [3.8, 4) is 17.6 Å². The third kappa shape index (κ3) is 7.50. The molecule has 0 unspecified atom stereocenters. The Morgan fingerprint density at radius 3 is 1.35 bits per heavy atom. The van der Waals surface area contributed by atoms with Crippen molar-refractivity contribution in [2.45, 2.75) is 12.8 Å². The van der Waals surface area contributed by atoms with Gasteiger partial charge in [-0.3, -0.25) is 0 Å². The summed E-state index contributed by atoms with van der Waals surface area (Å²) >= 11 is -3.68. The first-order chi connectivity index (χ1) is 19.4. The van der Waals surface area contributed by atoms with E-state index >= 15 is 0 Å². The van der Waals surface area contributed by atoms with Gasteiger partial charge in [0.25, 0.3) is 0 Å². The Balaban J connectivity index is 1.24. The first-order valence-electron chi connectivity index (χ1n) is 11.6. The van der Waals surface area contributed by atoms with Crippen LogP contribution in [-0.2, 0) is 44.5 Å². The van der Waals surface area contributed by atoms with Crippen LogP contribution in [0.1, 0.15) is 18.4 Å². The van der Waals surface area contributed by atoms with Crippen LogP contribution in [0.15, 0.2) is 97.1 Å². The Labute approximate surface area is 238 Å². The van der Waals surface area contributed by atoms with Crippen molar-refractivity contribution in [3.05, 3.63) is 114 Å². The average molecular weight is 622 g/mol. The zero-order chi connectivity index (χ0) is 28.5. The van der Waals surface area contributed by atoms with E-state index in [0.29, 0.717) is 29.2 Å². The molecule has 0 saturated carbocycles. The normalized spacial score (nSPS) is 10.9. The number of esters is 2. The second-order valence-corrected chi connectivity index (χ2v) is 11.7. The van der Waals surface area contributed by atoms with Gasteiger partial charge < -0.3 is 0 Å². The van der Waals surface area contributed by atoms with E-state index < -0.39 is 39.1 Å². The number of carbonyl (C=O) groups is 2. The SMILES string of the molecule is [C-]#[N+]c1cc[c]([Co](=[O])[c]2ccc(OC(=O)CCC(=O)Oc3cc[c]([Co](=[O])[c]4ccc(C#N)cc4)cc3)cc2)cc1. The van der Waals surface area contributed by atoms with Gasteiger partial charge in [-0.2, -0.15) is 0 Å². The third-order valence-corrected chi connectivity index (χ3v) is 8.76. The second-order valence-electron chi connectivity index (χ2n) is 7.90. The van der Waals surface area contributed by atoms with E-state index in [1.807, 2.05) is 6.07 Å². The van der Waals surface area contributed by atoms with Crippen molar-refractivity contribution in [1.82, 2.24) is 0 Å². The van der Waals surface area contributed by atoms with Crippen LogP contribution in [0.2, 0.25) is 0 Å². The van der Waals surface area contributed by atoms with E-state index in [1.54, 1.807) is 72.8 Å². The number of hydrogen-bond acceptors (Lipinski definition) is 7. The summed E-state index contributed by atoms with van der Waals surface area (Å²) in [7, 11) is 0. The van der Waals surface area contributed by atoms with Crippen molar-refractivity contribution in [2.75, 3.05) is 0 Å². The van der Waals surface area contributed by atoms with E-state index in [9.17, 15) is 17.3 Å². The summed E-state index contributed by atoms with van der Waals surface area (Å²) in [5.41, 5.74) is 0.940. The van der Waals surface area contributed by atoms with E-state index in [2.05, 4.69) is 4.85 Å². The first-order valence-corrected chi connectivity index (χ1v) is 14.5. The second kappa shape index (κ2) is 13.5. The molecule has 0 saturated heterocycles. The Morgan fingerprint density at radius 1 is 0.650 bits per heavy atom. The zero-order valence-corrected chi connectivity index (χ0v) is 22.7. The molecule has 4 aromatic carbocycles. The molecule has 204 valence electrons. The molecule has 0 N–H and O–H groups in total. The van der Waals surface area contributed by atoms with Gasteiger partial charge in [0, 0.05) is 0 Å². The van der Waals surface area contributed by atoms with Gasteiger partial charge in [-0.05, 0) is 0 Å². The number of benzene rings is 4. The quantitative estimate of drug-likeness (QED) is 0.160. The zero-order valence-electron chi connectivity index (χ0n) is 20.7. The standard InChI is InChI=1S/C16H12O4.2C7H4N.2Co.2O/c17-15(19-13-7-3-1-4-8-13)11-12-16(18)20-14-9-5-2-6-10-14;1-8-7-5-3-2-4-6-7;8-6-7-4-2-1-3-5-7;;;;/h3-10H,11-12H2;3-6H;2-5H;;;;. The minimum atomic E-state index is -1.84. The molecule has 0 heterocycles. The summed E-state index contributed by atoms with van der Waals surface area (Å²) in [6, 6.07) is 27.4. The topological polar surface area (TPSA) is 115 Å². The first kappa shape index (κ1) is 28.4. The van der Waals surface area contributed by atoms with Gasteiger partial charge in [0.15, 0.2) is 0 Å². The maximum atomic E-state index is 12.7. The predicted octanol–water partition coefficient (Wildman–Crippen LogP) is 3.23. The van der Waals surface area contributed by atoms with Crippen LogP contribution in [0.25, 0.3) is 4.85 Å². The van der Waals surface area contributed by atoms with E-state index in [-0.39, 0.29) is 24.3 Å². The van der Waals surface area contributed by atoms with Crippen LogP contribution in [0.5, 0.6) is 11.5 Å². The van der Waals surface area contributed by atoms with Crippen molar-refractivity contribution in [1.29, 1.82) is 5.26 Å². The Hall–Kier alpha value is -4.59. The van der Waals surface area contributed by atoms with Crippen LogP contribution in [0.4, 0.5) is 5.69 Å². The maximum absolute atomic E-state index is 12.7. The number of rotatable bonds is 9. The number of ether oxygens (including phenoxy) is 2. The molecule has 0 amide bonds. The number of nitriles is 1. The van der Waals surface area contributed by atoms with Crippen LogP contribution in [0.3, 0.4) is 0 Å². The molecule has 0 aliphatic carbocycles. The molecule has 0 fully saturated rings. The summed E-state index contributed by atoms with van der Waals surface area (Å²) < 4.78 is 38.2. The van der Waals surface area contributed by atoms with Crippen LogP contribution in [-0.4, -0.2) is 11.9 Å². The van der Waals surface area contributed by atoms with Crippen LogP contribution >= 0.6 is 0 Å². The summed E-state index contributed by atoms with van der Waals surface area (Å²) in [5, 5.41) is 8.89. The van der Waals surface area contributed by atoms with E-state index in [1.165, 1.54) is 24.3 Å². The van der Waals surface area contributed by atoms with Crippen molar-refractivity contribution < 1.29 is 54.0 Å². The van der Waals surface area contributed by atoms with Crippen LogP contribution < -0.4 is 27.5 Å². The molecule has 0 aliphatic rings. The van der Waals surface area contributed by atoms with Crippen molar-refractivity contribution >= 4 is 35.6 Å². The van der Waals surface area contributed by atoms with E-state index in [0.717, 1.165) is 0 Å². The predicted molar refractivity (Wildman–Crippen MR) is 137 cm³/mol. The summed E-state index contributed by atoms with van der Waals surface area (Å²) in [5.74, 6) is -0.755. The van der Waals surface area contributed by atoms with Crippen molar-refractivity contribution in [2.24, 2.45) is 0 Å². The molecule has 0 radical (unpaired) electrons. The number of hydrogen-bond donors (Lipinski definition) is 0. The van der Waals surface area contributed by atoms with Crippen molar-refractivity contribution in [3.63, 3.8) is 0 Å². The molecule has 4 aromatic rings. The Morgan fingerprint density at radius 2 is 1.00 bits per heavy atom. The van der Waals surface area contributed by atoms with Gasteiger partial charge in [-0.25, -0.2) is 0 Å². The fourth-order valence-electron chi connectivity index (χ4n) is 3.21. The molecule has 0 aromatic heterocycles. The fraction of sp³-hybridized carbons (Fsp3) is 0.0667. The molecule has 0 bridgehead atoms. The molecule has 0 spiro atoms.